The van der Waals surface area contributed by atoms with Gasteiger partial charge >= 0.3 is 0 Å². The minimum absolute atomic E-state index is 0.0874. The Morgan fingerprint density at radius 2 is 1.33 bits per heavy atom. The van der Waals surface area contributed by atoms with Crippen LogP contribution in [0.1, 0.15) is 12.5 Å². The van der Waals surface area contributed by atoms with Crippen LogP contribution in [-0.4, -0.2) is 8.42 Å². The van der Waals surface area contributed by atoms with Gasteiger partial charge in [0.25, 0.3) is 10.0 Å². The van der Waals surface area contributed by atoms with Crippen molar-refractivity contribution < 1.29 is 8.42 Å². The fraction of sp³-hybridized carbons (Fsp3) is 0.125. The van der Waals surface area contributed by atoms with E-state index in [0.717, 1.165) is 11.4 Å². The van der Waals surface area contributed by atoms with Gasteiger partial charge in [0.1, 0.15) is 0 Å². The summed E-state index contributed by atoms with van der Waals surface area (Å²) in [5.74, 6) is 0. The van der Waals surface area contributed by atoms with Crippen molar-refractivity contribution in [3.05, 3.63) is 65.6 Å². The summed E-state index contributed by atoms with van der Waals surface area (Å²) in [7, 11) is -3.49. The Morgan fingerprint density at radius 1 is 0.905 bits per heavy atom. The van der Waals surface area contributed by atoms with Gasteiger partial charge in [0, 0.05) is 17.1 Å². The summed E-state index contributed by atoms with van der Waals surface area (Å²) in [5.41, 5.74) is 3.57. The van der Waals surface area contributed by atoms with E-state index < -0.39 is 10.0 Å². The molecule has 0 saturated heterocycles. The Hall–Kier alpha value is -2.27. The lowest BCUT2D eigenvalue weighted by Gasteiger charge is -2.10. The molecule has 0 aliphatic rings. The van der Waals surface area contributed by atoms with Crippen LogP contribution in [-0.2, 0) is 10.0 Å². The third-order valence-electron chi connectivity index (χ3n) is 2.94. The lowest BCUT2D eigenvalue weighted by Crippen LogP contribution is -2.12. The SMILES string of the molecule is C=C(C)S(=O)(=O)Nc1ccc(Nc2ccc(C)cc2)cc1. The molecule has 2 aromatic carbocycles. The van der Waals surface area contributed by atoms with E-state index in [4.69, 9.17) is 0 Å². The highest BCUT2D eigenvalue weighted by molar-refractivity contribution is 7.96. The first-order valence-corrected chi connectivity index (χ1v) is 7.97. The third kappa shape index (κ3) is 4.10. The standard InChI is InChI=1S/C16H18N2O2S/c1-12(2)21(19,20)18-16-10-8-15(9-11-16)17-14-6-4-13(3)5-7-14/h4-11,17-18H,1H2,2-3H3. The van der Waals surface area contributed by atoms with Gasteiger partial charge in [-0.25, -0.2) is 8.42 Å². The van der Waals surface area contributed by atoms with Crippen LogP contribution in [0.2, 0.25) is 0 Å². The van der Waals surface area contributed by atoms with Crippen LogP contribution < -0.4 is 10.0 Å². The lowest BCUT2D eigenvalue weighted by molar-refractivity contribution is 0.607. The van der Waals surface area contributed by atoms with E-state index in [-0.39, 0.29) is 4.91 Å². The molecule has 0 aliphatic carbocycles. The molecule has 2 N–H and O–H groups in total. The van der Waals surface area contributed by atoms with Crippen molar-refractivity contribution in [3.63, 3.8) is 0 Å². The van der Waals surface area contributed by atoms with E-state index in [2.05, 4.69) is 16.6 Å². The van der Waals surface area contributed by atoms with Gasteiger partial charge < -0.3 is 5.32 Å². The Balaban J connectivity index is 2.09. The summed E-state index contributed by atoms with van der Waals surface area (Å²) in [5, 5.41) is 3.25. The van der Waals surface area contributed by atoms with Crippen molar-refractivity contribution in [2.45, 2.75) is 13.8 Å². The first-order valence-electron chi connectivity index (χ1n) is 6.49. The smallest absolute Gasteiger partial charge is 0.257 e. The number of benzene rings is 2. The maximum Gasteiger partial charge on any atom is 0.257 e. The van der Waals surface area contributed by atoms with E-state index in [9.17, 15) is 8.42 Å². The van der Waals surface area contributed by atoms with Gasteiger partial charge in [-0.05, 0) is 50.2 Å². The number of anilines is 3. The highest BCUT2D eigenvalue weighted by Gasteiger charge is 2.10. The van der Waals surface area contributed by atoms with Crippen molar-refractivity contribution in [1.29, 1.82) is 0 Å². The number of hydrogen-bond donors (Lipinski definition) is 2. The molecule has 0 amide bonds. The molecule has 0 aromatic heterocycles. The molecule has 21 heavy (non-hydrogen) atoms. The van der Waals surface area contributed by atoms with Crippen LogP contribution in [0.5, 0.6) is 0 Å². The van der Waals surface area contributed by atoms with Crippen LogP contribution in [0.15, 0.2) is 60.0 Å². The van der Waals surface area contributed by atoms with E-state index in [1.807, 2.05) is 43.3 Å². The van der Waals surface area contributed by atoms with E-state index in [0.29, 0.717) is 5.69 Å². The molecule has 0 unspecified atom stereocenters. The Bertz CT molecular complexity index is 733. The molecule has 0 heterocycles. The average molecular weight is 302 g/mol. The first-order chi connectivity index (χ1) is 9.87. The molecule has 4 nitrogen and oxygen atoms in total. The van der Waals surface area contributed by atoms with Crippen LogP contribution >= 0.6 is 0 Å². The maximum absolute atomic E-state index is 11.7. The highest BCUT2D eigenvalue weighted by atomic mass is 32.2. The van der Waals surface area contributed by atoms with Crippen LogP contribution in [0.3, 0.4) is 0 Å². The fourth-order valence-corrected chi connectivity index (χ4v) is 2.29. The van der Waals surface area contributed by atoms with Gasteiger partial charge in [-0.3, -0.25) is 4.72 Å². The molecule has 0 saturated carbocycles. The molecular weight excluding hydrogens is 284 g/mol. The molecule has 2 rings (SSSR count). The number of aryl methyl sites for hydroxylation is 1. The van der Waals surface area contributed by atoms with Gasteiger partial charge in [0.2, 0.25) is 0 Å². The quantitative estimate of drug-likeness (QED) is 0.877. The number of sulfonamides is 1. The zero-order valence-corrected chi connectivity index (χ0v) is 12.9. The molecule has 0 spiro atoms. The van der Waals surface area contributed by atoms with Crippen molar-refractivity contribution in [2.24, 2.45) is 0 Å². The van der Waals surface area contributed by atoms with Gasteiger partial charge in [-0.15, -0.1) is 0 Å². The van der Waals surface area contributed by atoms with Crippen LogP contribution in [0.4, 0.5) is 17.1 Å². The highest BCUT2D eigenvalue weighted by Crippen LogP contribution is 2.20. The van der Waals surface area contributed by atoms with Crippen molar-refractivity contribution in [2.75, 3.05) is 10.0 Å². The summed E-state index contributed by atoms with van der Waals surface area (Å²) in [6.07, 6.45) is 0. The molecule has 2 aromatic rings. The lowest BCUT2D eigenvalue weighted by atomic mass is 10.2. The maximum atomic E-state index is 11.7. The second-order valence-electron chi connectivity index (χ2n) is 4.88. The fourth-order valence-electron chi connectivity index (χ4n) is 1.67. The Kier molecular flexibility index (Phi) is 4.33. The largest absolute Gasteiger partial charge is 0.356 e. The minimum Gasteiger partial charge on any atom is -0.356 e. The molecule has 0 radical (unpaired) electrons. The van der Waals surface area contributed by atoms with E-state index in [1.54, 1.807) is 12.1 Å². The van der Waals surface area contributed by atoms with Crippen molar-refractivity contribution >= 4 is 27.1 Å². The predicted molar refractivity (Wildman–Crippen MR) is 88.3 cm³/mol. The summed E-state index contributed by atoms with van der Waals surface area (Å²) in [6.45, 7) is 6.93. The molecule has 0 atom stereocenters. The molecule has 0 bridgehead atoms. The minimum atomic E-state index is -3.49. The van der Waals surface area contributed by atoms with Gasteiger partial charge in [0.15, 0.2) is 0 Å². The summed E-state index contributed by atoms with van der Waals surface area (Å²) >= 11 is 0. The predicted octanol–water partition coefficient (Wildman–Crippen LogP) is 4.01. The second kappa shape index (κ2) is 6.01. The first kappa shape index (κ1) is 15.1. The normalized spacial score (nSPS) is 11.0. The second-order valence-corrected chi connectivity index (χ2v) is 6.78. The Morgan fingerprint density at radius 3 is 1.81 bits per heavy atom. The van der Waals surface area contributed by atoms with E-state index in [1.165, 1.54) is 12.5 Å². The molecule has 0 aliphatic heterocycles. The van der Waals surface area contributed by atoms with Crippen molar-refractivity contribution in [1.82, 2.24) is 0 Å². The van der Waals surface area contributed by atoms with E-state index >= 15 is 0 Å². The summed E-state index contributed by atoms with van der Waals surface area (Å²) in [4.78, 5) is 0.0874. The van der Waals surface area contributed by atoms with Crippen LogP contribution in [0.25, 0.3) is 0 Å². The number of rotatable bonds is 5. The van der Waals surface area contributed by atoms with Gasteiger partial charge in [-0.2, -0.15) is 0 Å². The number of nitrogens with one attached hydrogen (secondary N) is 2. The van der Waals surface area contributed by atoms with Gasteiger partial charge in [0.05, 0.1) is 4.91 Å². The molecule has 5 heteroatoms. The topological polar surface area (TPSA) is 58.2 Å². The summed E-state index contributed by atoms with van der Waals surface area (Å²) < 4.78 is 25.8. The number of hydrogen-bond acceptors (Lipinski definition) is 3. The average Bonchev–Trinajstić information content (AvgIpc) is 2.43. The van der Waals surface area contributed by atoms with Crippen LogP contribution in [0, 0.1) is 6.92 Å². The third-order valence-corrected chi connectivity index (χ3v) is 4.36. The zero-order valence-electron chi connectivity index (χ0n) is 12.1. The summed E-state index contributed by atoms with van der Waals surface area (Å²) in [6, 6.07) is 15.1. The number of allylic oxidation sites excluding steroid dienone is 1. The molecule has 0 fully saturated rings. The Labute approximate surface area is 125 Å². The molecular formula is C16H18N2O2S. The van der Waals surface area contributed by atoms with Gasteiger partial charge in [-0.1, -0.05) is 24.3 Å². The van der Waals surface area contributed by atoms with Crippen molar-refractivity contribution in [3.8, 4) is 0 Å². The zero-order chi connectivity index (χ0) is 15.5. The monoisotopic (exact) mass is 302 g/mol. The molecule has 110 valence electrons.